The lowest BCUT2D eigenvalue weighted by molar-refractivity contribution is -0.142. The summed E-state index contributed by atoms with van der Waals surface area (Å²) in [5, 5.41) is 13.1. The third kappa shape index (κ3) is 7.00. The maximum Gasteiger partial charge on any atom is 0.409 e. The Morgan fingerprint density at radius 2 is 1.81 bits per heavy atom. The summed E-state index contributed by atoms with van der Waals surface area (Å²) in [4.78, 5) is 57.0. The number of hydrogen-bond acceptors (Lipinski definition) is 5. The molecule has 3 atom stereocenters. The number of carbonyl (C=O) groups excluding carboxylic acids is 3. The summed E-state index contributed by atoms with van der Waals surface area (Å²) in [5.74, 6) is -1.63. The molecule has 204 valence electrons. The Kier molecular flexibility index (Phi) is 9.53. The van der Waals surface area contributed by atoms with Gasteiger partial charge in [0.1, 0.15) is 12.2 Å². The molecule has 4 amide bonds. The van der Waals surface area contributed by atoms with Gasteiger partial charge in [0.2, 0.25) is 5.78 Å². The molecular weight excluding hydrogens is 476 g/mol. The van der Waals surface area contributed by atoms with Crippen LogP contribution in [0.3, 0.4) is 0 Å². The topological polar surface area (TPSA) is 119 Å². The van der Waals surface area contributed by atoms with Gasteiger partial charge in [-0.1, -0.05) is 63.9 Å². The predicted molar refractivity (Wildman–Crippen MR) is 138 cm³/mol. The van der Waals surface area contributed by atoms with Gasteiger partial charge in [0, 0.05) is 19.6 Å². The number of carbonyl (C=O) groups is 4. The van der Waals surface area contributed by atoms with Crippen molar-refractivity contribution in [1.82, 2.24) is 20.0 Å². The number of amides is 4. The largest absolute Gasteiger partial charge is 0.465 e. The van der Waals surface area contributed by atoms with Crippen LogP contribution in [0.2, 0.25) is 0 Å². The van der Waals surface area contributed by atoms with E-state index >= 15 is 0 Å². The fraction of sp³-hybridized carbons (Fsp3) is 0.630. The van der Waals surface area contributed by atoms with E-state index in [9.17, 15) is 24.3 Å². The highest BCUT2D eigenvalue weighted by Gasteiger charge is 2.49. The van der Waals surface area contributed by atoms with Crippen molar-refractivity contribution in [2.24, 2.45) is 5.41 Å². The maximum atomic E-state index is 13.5. The van der Waals surface area contributed by atoms with Crippen molar-refractivity contribution >= 4 is 23.8 Å². The number of unbranched alkanes of at least 4 members (excludes halogenated alkanes) is 1. The molecule has 1 aromatic rings. The number of nitrogens with one attached hydrogen (secondary N) is 1. The lowest BCUT2D eigenvalue weighted by atomic mass is 9.91. The van der Waals surface area contributed by atoms with Crippen LogP contribution in [0.15, 0.2) is 30.3 Å². The summed E-state index contributed by atoms with van der Waals surface area (Å²) in [6.07, 6.45) is -0.312. The molecule has 3 rings (SSSR count). The third-order valence-electron chi connectivity index (χ3n) is 7.10. The summed E-state index contributed by atoms with van der Waals surface area (Å²) in [7, 11) is 0. The van der Waals surface area contributed by atoms with Gasteiger partial charge in [-0.25, -0.2) is 9.59 Å². The molecule has 2 fully saturated rings. The molecule has 1 aromatic carbocycles. The third-order valence-corrected chi connectivity index (χ3v) is 7.10. The molecule has 0 saturated carbocycles. The van der Waals surface area contributed by atoms with Crippen LogP contribution in [0, 0.1) is 5.41 Å². The van der Waals surface area contributed by atoms with E-state index in [0.717, 1.165) is 16.9 Å². The van der Waals surface area contributed by atoms with Crippen molar-refractivity contribution in [1.29, 1.82) is 0 Å². The first-order chi connectivity index (χ1) is 17.6. The molecule has 10 heteroatoms. The second-order valence-electron chi connectivity index (χ2n) is 10.7. The van der Waals surface area contributed by atoms with Crippen LogP contribution in [0.4, 0.5) is 9.59 Å². The van der Waals surface area contributed by atoms with E-state index in [4.69, 9.17) is 4.74 Å². The molecule has 2 N–H and O–H groups in total. The number of Topliss-reactive ketones (excluding diaryl/α,β-unsaturated/α-hetero) is 1. The molecule has 0 aromatic heterocycles. The average Bonchev–Trinajstić information content (AvgIpc) is 3.20. The minimum Gasteiger partial charge on any atom is -0.465 e. The summed E-state index contributed by atoms with van der Waals surface area (Å²) >= 11 is 0. The molecule has 37 heavy (non-hydrogen) atoms. The van der Waals surface area contributed by atoms with Crippen molar-refractivity contribution in [3.63, 3.8) is 0 Å². The number of rotatable bonds is 9. The van der Waals surface area contributed by atoms with Crippen LogP contribution in [0.1, 0.15) is 65.0 Å². The van der Waals surface area contributed by atoms with Crippen molar-refractivity contribution in [2.45, 2.75) is 71.6 Å². The fourth-order valence-electron chi connectivity index (χ4n) is 5.12. The monoisotopic (exact) mass is 516 g/mol. The van der Waals surface area contributed by atoms with Gasteiger partial charge in [-0.3, -0.25) is 14.5 Å². The van der Waals surface area contributed by atoms with E-state index in [2.05, 4.69) is 5.32 Å². The molecule has 10 nitrogen and oxygen atoms in total. The van der Waals surface area contributed by atoms with Gasteiger partial charge >= 0.3 is 12.1 Å². The number of carboxylic acid groups (broad SMARTS) is 1. The van der Waals surface area contributed by atoms with Gasteiger partial charge in [0.25, 0.3) is 5.91 Å². The SMILES string of the molecule is CCCC[C@@H](C(=O)C(=O)NC(C)c1ccccc1)N(C(=O)O)C1CC(C)(C)CN1C(=O)N1CCOCC1. The Bertz CT molecular complexity index is 963. The van der Waals surface area contributed by atoms with Crippen molar-refractivity contribution in [3.8, 4) is 0 Å². The quantitative estimate of drug-likeness (QED) is 0.485. The number of likely N-dealkylation sites (tertiary alicyclic amines) is 1. The van der Waals surface area contributed by atoms with Gasteiger partial charge in [-0.05, 0) is 30.7 Å². The number of ether oxygens (including phenoxy) is 1. The highest BCUT2D eigenvalue weighted by molar-refractivity contribution is 6.38. The Labute approximate surface area is 218 Å². The van der Waals surface area contributed by atoms with E-state index < -0.39 is 36.0 Å². The number of ketones is 1. The second kappa shape index (κ2) is 12.4. The smallest absolute Gasteiger partial charge is 0.409 e. The Hall–Kier alpha value is -3.14. The first-order valence-electron chi connectivity index (χ1n) is 13.1. The first-order valence-corrected chi connectivity index (χ1v) is 13.1. The Morgan fingerprint density at radius 1 is 1.16 bits per heavy atom. The zero-order valence-electron chi connectivity index (χ0n) is 22.3. The Balaban J connectivity index is 1.87. The van der Waals surface area contributed by atoms with Crippen molar-refractivity contribution < 1.29 is 29.0 Å². The van der Waals surface area contributed by atoms with Gasteiger partial charge in [0.05, 0.1) is 19.3 Å². The molecule has 2 aliphatic heterocycles. The normalized spacial score (nSPS) is 20.7. The minimum atomic E-state index is -1.32. The van der Waals surface area contributed by atoms with Crippen LogP contribution < -0.4 is 5.32 Å². The van der Waals surface area contributed by atoms with Gasteiger partial charge in [0.15, 0.2) is 0 Å². The molecule has 0 bridgehead atoms. The molecular formula is C27H40N4O6. The van der Waals surface area contributed by atoms with E-state index in [1.165, 1.54) is 0 Å². The summed E-state index contributed by atoms with van der Waals surface area (Å²) in [6.45, 7) is 9.72. The minimum absolute atomic E-state index is 0.200. The van der Waals surface area contributed by atoms with Crippen molar-refractivity contribution in [2.75, 3.05) is 32.8 Å². The van der Waals surface area contributed by atoms with Crippen LogP contribution in [0.5, 0.6) is 0 Å². The van der Waals surface area contributed by atoms with Crippen LogP contribution in [0.25, 0.3) is 0 Å². The molecule has 0 aliphatic carbocycles. The average molecular weight is 517 g/mol. The summed E-state index contributed by atoms with van der Waals surface area (Å²) < 4.78 is 5.36. The molecule has 2 aliphatic rings. The van der Waals surface area contributed by atoms with Crippen LogP contribution >= 0.6 is 0 Å². The number of nitrogens with zero attached hydrogens (tertiary/aromatic N) is 3. The molecule has 2 unspecified atom stereocenters. The van der Waals surface area contributed by atoms with Crippen molar-refractivity contribution in [3.05, 3.63) is 35.9 Å². The summed E-state index contributed by atoms with van der Waals surface area (Å²) in [5.41, 5.74) is 0.478. The zero-order chi connectivity index (χ0) is 27.2. The highest BCUT2D eigenvalue weighted by Crippen LogP contribution is 2.37. The fourth-order valence-corrected chi connectivity index (χ4v) is 5.12. The summed E-state index contributed by atoms with van der Waals surface area (Å²) in [6, 6.07) is 7.37. The zero-order valence-corrected chi connectivity index (χ0v) is 22.3. The first kappa shape index (κ1) is 28.4. The van der Waals surface area contributed by atoms with Gasteiger partial charge < -0.3 is 25.0 Å². The number of hydrogen-bond donors (Lipinski definition) is 2. The second-order valence-corrected chi connectivity index (χ2v) is 10.7. The highest BCUT2D eigenvalue weighted by atomic mass is 16.5. The van der Waals surface area contributed by atoms with Crippen LogP contribution in [-0.2, 0) is 14.3 Å². The lowest BCUT2D eigenvalue weighted by Gasteiger charge is -2.40. The Morgan fingerprint density at radius 3 is 2.41 bits per heavy atom. The molecule has 2 heterocycles. The van der Waals surface area contributed by atoms with E-state index in [-0.39, 0.29) is 17.9 Å². The molecule has 0 radical (unpaired) electrons. The van der Waals surface area contributed by atoms with Gasteiger partial charge in [-0.15, -0.1) is 0 Å². The standard InChI is InChI=1S/C27H40N4O6/c1-5-6-12-21(23(32)24(33)28-19(2)20-10-8-7-9-11-20)31(26(35)36)22-17-27(3,4)18-30(22)25(34)29-13-15-37-16-14-29/h7-11,19,21-22H,5-6,12-18H2,1-4H3,(H,28,33)(H,35,36)/t19?,21-,22?/m0/s1. The van der Waals surface area contributed by atoms with E-state index in [1.807, 2.05) is 51.1 Å². The van der Waals surface area contributed by atoms with Crippen LogP contribution in [-0.4, -0.2) is 88.7 Å². The number of benzene rings is 1. The maximum absolute atomic E-state index is 13.5. The lowest BCUT2D eigenvalue weighted by Crippen LogP contribution is -2.60. The molecule has 0 spiro atoms. The number of morpholine rings is 1. The van der Waals surface area contributed by atoms with E-state index in [0.29, 0.717) is 45.7 Å². The van der Waals surface area contributed by atoms with E-state index in [1.54, 1.807) is 16.7 Å². The van der Waals surface area contributed by atoms with Gasteiger partial charge in [-0.2, -0.15) is 0 Å². The molecule has 2 saturated heterocycles. The number of urea groups is 1. The predicted octanol–water partition coefficient (Wildman–Crippen LogP) is 3.48.